The first kappa shape index (κ1) is 14.5. The van der Waals surface area contributed by atoms with Crippen molar-refractivity contribution < 1.29 is 5.11 Å². The lowest BCUT2D eigenvalue weighted by Crippen LogP contribution is -2.43. The number of nitrogens with two attached hydrogens (primary N) is 1. The van der Waals surface area contributed by atoms with Crippen LogP contribution in [0.25, 0.3) is 0 Å². The molecule has 0 amide bonds. The second-order valence-electron chi connectivity index (χ2n) is 5.77. The predicted molar refractivity (Wildman–Crippen MR) is 79.0 cm³/mol. The summed E-state index contributed by atoms with van der Waals surface area (Å²) in [5, 5.41) is 9.31. The fraction of sp³-hybridized carbons (Fsp3) is 0.625. The van der Waals surface area contributed by atoms with E-state index in [1.807, 2.05) is 6.92 Å². The highest BCUT2D eigenvalue weighted by molar-refractivity contribution is 5.28. The summed E-state index contributed by atoms with van der Waals surface area (Å²) in [4.78, 5) is 2.50. The lowest BCUT2D eigenvalue weighted by Gasteiger charge is -2.31. The van der Waals surface area contributed by atoms with E-state index in [1.54, 1.807) is 0 Å². The summed E-state index contributed by atoms with van der Waals surface area (Å²) in [5.41, 5.74) is 8.70. The van der Waals surface area contributed by atoms with Gasteiger partial charge in [-0.05, 0) is 43.4 Å². The first-order valence-corrected chi connectivity index (χ1v) is 7.36. The van der Waals surface area contributed by atoms with Crippen molar-refractivity contribution in [3.05, 3.63) is 35.4 Å². The minimum atomic E-state index is -0.381. The molecule has 3 nitrogen and oxygen atoms in total. The number of aliphatic hydroxyl groups excluding tert-OH is 1. The van der Waals surface area contributed by atoms with E-state index >= 15 is 0 Å². The molecule has 3 heteroatoms. The lowest BCUT2D eigenvalue weighted by atomic mass is 9.92. The van der Waals surface area contributed by atoms with Crippen LogP contribution in [0.4, 0.5) is 0 Å². The maximum Gasteiger partial charge on any atom is 0.0611 e. The maximum atomic E-state index is 9.31. The predicted octanol–water partition coefficient (Wildman–Crippen LogP) is 1.92. The van der Waals surface area contributed by atoms with Crippen LogP contribution in [0.3, 0.4) is 0 Å². The third-order valence-electron chi connectivity index (χ3n) is 4.38. The Balaban J connectivity index is 1.80. The van der Waals surface area contributed by atoms with E-state index in [1.165, 1.54) is 11.1 Å². The Morgan fingerprint density at radius 3 is 2.74 bits per heavy atom. The summed E-state index contributed by atoms with van der Waals surface area (Å²) in [6, 6.07) is 8.71. The number of nitrogens with zero attached hydrogens (tertiary/aromatic N) is 1. The third kappa shape index (κ3) is 3.78. The molecule has 0 aromatic heterocycles. The summed E-state index contributed by atoms with van der Waals surface area (Å²) in [6.07, 6.45) is 3.95. The first-order chi connectivity index (χ1) is 9.17. The molecule has 0 radical (unpaired) electrons. The summed E-state index contributed by atoms with van der Waals surface area (Å²) < 4.78 is 0. The van der Waals surface area contributed by atoms with E-state index in [-0.39, 0.29) is 12.1 Å². The van der Waals surface area contributed by atoms with Crippen LogP contribution in [-0.4, -0.2) is 35.2 Å². The molecule has 1 heterocycles. The molecular weight excluding hydrogens is 236 g/mol. The van der Waals surface area contributed by atoms with Crippen LogP contribution in [0.1, 0.15) is 37.3 Å². The van der Waals surface area contributed by atoms with E-state index < -0.39 is 0 Å². The zero-order valence-corrected chi connectivity index (χ0v) is 11.9. The summed E-state index contributed by atoms with van der Waals surface area (Å²) >= 11 is 0. The van der Waals surface area contributed by atoms with Crippen molar-refractivity contribution in [1.82, 2.24) is 4.90 Å². The molecule has 0 saturated carbocycles. The fourth-order valence-electron chi connectivity index (χ4n) is 2.77. The van der Waals surface area contributed by atoms with Crippen molar-refractivity contribution in [3.8, 4) is 0 Å². The molecule has 1 aromatic rings. The first-order valence-electron chi connectivity index (χ1n) is 7.36. The molecule has 0 aliphatic carbocycles. The minimum Gasteiger partial charge on any atom is -0.394 e. The Labute approximate surface area is 116 Å². The van der Waals surface area contributed by atoms with Crippen molar-refractivity contribution in [3.63, 3.8) is 0 Å². The van der Waals surface area contributed by atoms with Crippen molar-refractivity contribution in [2.24, 2.45) is 5.73 Å². The van der Waals surface area contributed by atoms with E-state index in [4.69, 9.17) is 5.73 Å². The van der Waals surface area contributed by atoms with Crippen LogP contribution in [0, 0.1) is 0 Å². The van der Waals surface area contributed by atoms with E-state index in [0.29, 0.717) is 0 Å². The number of benzene rings is 1. The Morgan fingerprint density at radius 1 is 1.32 bits per heavy atom. The van der Waals surface area contributed by atoms with Gasteiger partial charge < -0.3 is 10.8 Å². The summed E-state index contributed by atoms with van der Waals surface area (Å²) in [5.74, 6) is 0. The number of hydrogen-bond donors (Lipinski definition) is 2. The van der Waals surface area contributed by atoms with E-state index in [0.717, 1.165) is 45.3 Å². The van der Waals surface area contributed by atoms with Gasteiger partial charge in [0.1, 0.15) is 0 Å². The smallest absolute Gasteiger partial charge is 0.0611 e. The Hall–Kier alpha value is -0.900. The average Bonchev–Trinajstić information content (AvgIpc) is 2.47. The van der Waals surface area contributed by atoms with E-state index in [9.17, 15) is 5.11 Å². The van der Waals surface area contributed by atoms with Crippen LogP contribution < -0.4 is 5.73 Å². The van der Waals surface area contributed by atoms with Gasteiger partial charge in [-0.25, -0.2) is 0 Å². The quantitative estimate of drug-likeness (QED) is 0.823. The molecule has 1 aliphatic heterocycles. The monoisotopic (exact) mass is 262 g/mol. The Kier molecular flexibility index (Phi) is 4.97. The van der Waals surface area contributed by atoms with Gasteiger partial charge in [-0.1, -0.05) is 31.2 Å². The number of aliphatic hydroxyl groups is 1. The zero-order chi connectivity index (χ0) is 13.7. The highest BCUT2D eigenvalue weighted by atomic mass is 16.3. The van der Waals surface area contributed by atoms with Crippen LogP contribution in [0.5, 0.6) is 0 Å². The van der Waals surface area contributed by atoms with Crippen LogP contribution in [0.2, 0.25) is 0 Å². The maximum absolute atomic E-state index is 9.31. The number of rotatable bonds is 6. The van der Waals surface area contributed by atoms with Gasteiger partial charge in [0.25, 0.3) is 0 Å². The minimum absolute atomic E-state index is 0.0896. The zero-order valence-electron chi connectivity index (χ0n) is 11.9. The van der Waals surface area contributed by atoms with Gasteiger partial charge in [-0.3, -0.25) is 4.90 Å². The molecule has 1 unspecified atom stereocenters. The standard InChI is InChI=1S/C16H26N2O/c1-2-16(17,13-19)9-5-10-18-11-8-14-6-3-4-7-15(14)12-18/h3-4,6-7,19H,2,5,8-13,17H2,1H3. The second kappa shape index (κ2) is 6.51. The molecule has 1 aliphatic rings. The van der Waals surface area contributed by atoms with Gasteiger partial charge >= 0.3 is 0 Å². The normalized spacial score (nSPS) is 18.9. The van der Waals surface area contributed by atoms with Crippen molar-refractivity contribution in [2.45, 2.75) is 44.7 Å². The molecule has 1 aromatic carbocycles. The molecule has 19 heavy (non-hydrogen) atoms. The lowest BCUT2D eigenvalue weighted by molar-refractivity contribution is 0.169. The third-order valence-corrected chi connectivity index (χ3v) is 4.38. The molecule has 0 saturated heterocycles. The van der Waals surface area contributed by atoms with Crippen LogP contribution in [0.15, 0.2) is 24.3 Å². The van der Waals surface area contributed by atoms with Gasteiger partial charge in [-0.15, -0.1) is 0 Å². The number of hydrogen-bond acceptors (Lipinski definition) is 3. The molecular formula is C16H26N2O. The average molecular weight is 262 g/mol. The SMILES string of the molecule is CCC(N)(CO)CCCN1CCc2ccccc2C1. The number of fused-ring (bicyclic) bond motifs is 1. The molecule has 3 N–H and O–H groups in total. The highest BCUT2D eigenvalue weighted by Crippen LogP contribution is 2.20. The van der Waals surface area contributed by atoms with Gasteiger partial charge in [0.2, 0.25) is 0 Å². The summed E-state index contributed by atoms with van der Waals surface area (Å²) in [6.45, 7) is 5.41. The largest absolute Gasteiger partial charge is 0.394 e. The van der Waals surface area contributed by atoms with Gasteiger partial charge in [0.15, 0.2) is 0 Å². The molecule has 1 atom stereocenters. The van der Waals surface area contributed by atoms with Gasteiger partial charge in [0.05, 0.1) is 6.61 Å². The van der Waals surface area contributed by atoms with Crippen molar-refractivity contribution >= 4 is 0 Å². The Morgan fingerprint density at radius 2 is 2.05 bits per heavy atom. The molecule has 0 fully saturated rings. The molecule has 0 spiro atoms. The van der Waals surface area contributed by atoms with Crippen molar-refractivity contribution in [1.29, 1.82) is 0 Å². The molecule has 106 valence electrons. The van der Waals surface area contributed by atoms with Crippen molar-refractivity contribution in [2.75, 3.05) is 19.7 Å². The summed E-state index contributed by atoms with van der Waals surface area (Å²) in [7, 11) is 0. The Bertz CT molecular complexity index is 401. The van der Waals surface area contributed by atoms with Gasteiger partial charge in [0, 0.05) is 18.6 Å². The van der Waals surface area contributed by atoms with Gasteiger partial charge in [-0.2, -0.15) is 0 Å². The topological polar surface area (TPSA) is 49.5 Å². The van der Waals surface area contributed by atoms with Crippen LogP contribution in [-0.2, 0) is 13.0 Å². The molecule has 0 bridgehead atoms. The van der Waals surface area contributed by atoms with Crippen LogP contribution >= 0.6 is 0 Å². The fourth-order valence-corrected chi connectivity index (χ4v) is 2.77. The van der Waals surface area contributed by atoms with E-state index in [2.05, 4.69) is 29.2 Å². The second-order valence-corrected chi connectivity index (χ2v) is 5.77. The molecule has 2 rings (SSSR count). The highest BCUT2D eigenvalue weighted by Gasteiger charge is 2.22.